The lowest BCUT2D eigenvalue weighted by Crippen LogP contribution is -2.48. The van der Waals surface area contributed by atoms with E-state index in [-0.39, 0.29) is 17.4 Å². The van der Waals surface area contributed by atoms with Crippen LogP contribution in [0.25, 0.3) is 16.8 Å². The lowest BCUT2D eigenvalue weighted by atomic mass is 9.85. The summed E-state index contributed by atoms with van der Waals surface area (Å²) in [6, 6.07) is 25.2. The van der Waals surface area contributed by atoms with Gasteiger partial charge >= 0.3 is 0 Å². The fourth-order valence-corrected chi connectivity index (χ4v) is 6.09. The van der Waals surface area contributed by atoms with E-state index in [0.29, 0.717) is 5.92 Å². The molecule has 1 saturated carbocycles. The van der Waals surface area contributed by atoms with E-state index >= 15 is 0 Å². The molecule has 0 spiro atoms. The molecular weight excluding hydrogens is 400 g/mol. The van der Waals surface area contributed by atoms with Gasteiger partial charge in [0.15, 0.2) is 5.50 Å². The largest absolute Gasteiger partial charge is 0.356 e. The van der Waals surface area contributed by atoms with Gasteiger partial charge in [0.2, 0.25) is 0 Å². The van der Waals surface area contributed by atoms with Crippen LogP contribution in [0, 0.1) is 5.92 Å². The van der Waals surface area contributed by atoms with Crippen LogP contribution < -0.4 is 5.32 Å². The van der Waals surface area contributed by atoms with E-state index in [0.717, 1.165) is 22.6 Å². The number of nitrogens with one attached hydrogen (secondary N) is 1. The highest BCUT2D eigenvalue weighted by molar-refractivity contribution is 8.05. The Morgan fingerprint density at radius 2 is 1.68 bits per heavy atom. The number of rotatable bonds is 4. The standard InChI is InChI=1S/C27H28N2OS/c1-19-10-5-8-17-24(19)29-26(30)25(31-27(29)28-22-14-3-2-4-15-22)18-21-13-9-12-20-11-6-7-16-23(20)21/h2-4,6-7,9,11-16,18-19,24,27-28H,5,8,10,17H2,1H3/b25-18-/t19-,24-,27?/m0/s1. The molecule has 3 atom stereocenters. The number of anilines is 1. The highest BCUT2D eigenvalue weighted by Crippen LogP contribution is 2.42. The van der Waals surface area contributed by atoms with Crippen molar-refractivity contribution in [2.24, 2.45) is 5.92 Å². The highest BCUT2D eigenvalue weighted by atomic mass is 32.2. The molecule has 158 valence electrons. The van der Waals surface area contributed by atoms with E-state index in [1.807, 2.05) is 18.2 Å². The van der Waals surface area contributed by atoms with Crippen molar-refractivity contribution in [3.63, 3.8) is 0 Å². The number of nitrogens with zero attached hydrogens (tertiary/aromatic N) is 1. The van der Waals surface area contributed by atoms with Gasteiger partial charge in [-0.1, -0.05) is 92.2 Å². The number of hydrogen-bond donors (Lipinski definition) is 1. The summed E-state index contributed by atoms with van der Waals surface area (Å²) in [5.41, 5.74) is 2.07. The molecule has 1 amide bonds. The number of benzene rings is 3. The Morgan fingerprint density at radius 3 is 2.52 bits per heavy atom. The molecule has 1 aliphatic carbocycles. The number of thioether (sulfide) groups is 1. The van der Waals surface area contributed by atoms with Gasteiger partial charge in [-0.05, 0) is 53.3 Å². The van der Waals surface area contributed by atoms with Gasteiger partial charge in [-0.15, -0.1) is 0 Å². The first kappa shape index (κ1) is 20.2. The van der Waals surface area contributed by atoms with Gasteiger partial charge in [-0.3, -0.25) is 4.79 Å². The molecule has 0 bridgehead atoms. The molecule has 0 radical (unpaired) electrons. The van der Waals surface area contributed by atoms with Crippen molar-refractivity contribution in [3.05, 3.63) is 83.3 Å². The van der Waals surface area contributed by atoms with E-state index < -0.39 is 0 Å². The van der Waals surface area contributed by atoms with Crippen molar-refractivity contribution >= 4 is 40.2 Å². The maximum Gasteiger partial charge on any atom is 0.262 e. The molecule has 1 unspecified atom stereocenters. The van der Waals surface area contributed by atoms with Crippen molar-refractivity contribution in [3.8, 4) is 0 Å². The Kier molecular flexibility index (Phi) is 5.73. The predicted molar refractivity (Wildman–Crippen MR) is 132 cm³/mol. The quantitative estimate of drug-likeness (QED) is 0.468. The average molecular weight is 429 g/mol. The van der Waals surface area contributed by atoms with E-state index in [1.54, 1.807) is 11.8 Å². The van der Waals surface area contributed by atoms with Crippen molar-refractivity contribution in [1.82, 2.24) is 4.90 Å². The number of fused-ring (bicyclic) bond motifs is 1. The van der Waals surface area contributed by atoms with Crippen LogP contribution in [0.3, 0.4) is 0 Å². The Bertz CT molecular complexity index is 1110. The van der Waals surface area contributed by atoms with Crippen LogP contribution in [0.1, 0.15) is 38.2 Å². The summed E-state index contributed by atoms with van der Waals surface area (Å²) in [6.07, 6.45) is 6.83. The second-order valence-corrected chi connectivity index (χ2v) is 9.72. The minimum atomic E-state index is -0.0818. The molecular formula is C27H28N2OS. The van der Waals surface area contributed by atoms with Gasteiger partial charge in [0.25, 0.3) is 5.91 Å². The van der Waals surface area contributed by atoms with Gasteiger partial charge < -0.3 is 10.2 Å². The smallest absolute Gasteiger partial charge is 0.262 e. The molecule has 3 nitrogen and oxygen atoms in total. The van der Waals surface area contributed by atoms with Crippen LogP contribution >= 0.6 is 11.8 Å². The molecule has 1 heterocycles. The predicted octanol–water partition coefficient (Wildman–Crippen LogP) is 6.73. The third kappa shape index (κ3) is 4.09. The first-order chi connectivity index (χ1) is 15.2. The van der Waals surface area contributed by atoms with Crippen molar-refractivity contribution in [1.29, 1.82) is 0 Å². The SMILES string of the molecule is C[C@H]1CCCC[C@@H]1N1C(=O)/C(=C/c2cccc3ccccc23)SC1Nc1ccccc1. The molecule has 3 aromatic carbocycles. The van der Waals surface area contributed by atoms with E-state index in [4.69, 9.17) is 0 Å². The van der Waals surface area contributed by atoms with Crippen LogP contribution in [0.5, 0.6) is 0 Å². The van der Waals surface area contributed by atoms with Crippen LogP contribution in [0.4, 0.5) is 5.69 Å². The second-order valence-electron chi connectivity index (χ2n) is 8.60. The molecule has 4 heteroatoms. The zero-order valence-electron chi connectivity index (χ0n) is 17.8. The van der Waals surface area contributed by atoms with E-state index in [9.17, 15) is 4.79 Å². The summed E-state index contributed by atoms with van der Waals surface area (Å²) in [7, 11) is 0. The second kappa shape index (κ2) is 8.80. The fraction of sp³-hybridized carbons (Fsp3) is 0.296. The summed E-state index contributed by atoms with van der Waals surface area (Å²) in [6.45, 7) is 2.30. The van der Waals surface area contributed by atoms with Crippen molar-refractivity contribution in [2.45, 2.75) is 44.1 Å². The minimum Gasteiger partial charge on any atom is -0.356 e. The summed E-state index contributed by atoms with van der Waals surface area (Å²) in [5, 5.41) is 6.00. The molecule has 1 aliphatic heterocycles. The third-order valence-corrected chi connectivity index (χ3v) is 7.65. The number of para-hydroxylation sites is 1. The van der Waals surface area contributed by atoms with E-state index in [2.05, 4.69) is 77.8 Å². The van der Waals surface area contributed by atoms with Crippen molar-refractivity contribution in [2.75, 3.05) is 5.32 Å². The van der Waals surface area contributed by atoms with Crippen LogP contribution in [0.15, 0.2) is 77.7 Å². The maximum absolute atomic E-state index is 13.7. The third-order valence-electron chi connectivity index (χ3n) is 6.53. The topological polar surface area (TPSA) is 32.3 Å². The Balaban J connectivity index is 1.51. The monoisotopic (exact) mass is 428 g/mol. The van der Waals surface area contributed by atoms with Gasteiger partial charge in [0, 0.05) is 11.7 Å². The maximum atomic E-state index is 13.7. The number of hydrogen-bond acceptors (Lipinski definition) is 3. The van der Waals surface area contributed by atoms with Crippen LogP contribution in [0.2, 0.25) is 0 Å². The zero-order valence-corrected chi connectivity index (χ0v) is 18.6. The first-order valence-electron chi connectivity index (χ1n) is 11.2. The Labute approximate surface area is 188 Å². The Morgan fingerprint density at radius 1 is 0.935 bits per heavy atom. The number of carbonyl (C=O) groups excluding carboxylic acids is 1. The molecule has 31 heavy (non-hydrogen) atoms. The summed E-state index contributed by atoms with van der Waals surface area (Å²) in [5.74, 6) is 0.681. The summed E-state index contributed by atoms with van der Waals surface area (Å²) >= 11 is 1.65. The zero-order chi connectivity index (χ0) is 21.2. The molecule has 3 aromatic rings. The highest BCUT2D eigenvalue weighted by Gasteiger charge is 2.42. The molecule has 1 N–H and O–H groups in total. The molecule has 2 fully saturated rings. The Hall–Kier alpha value is -2.72. The normalized spacial score (nSPS) is 25.3. The van der Waals surface area contributed by atoms with Gasteiger partial charge in [0.05, 0.1) is 4.91 Å². The summed E-state index contributed by atoms with van der Waals surface area (Å²) < 4.78 is 0. The lowest BCUT2D eigenvalue weighted by molar-refractivity contribution is -0.129. The van der Waals surface area contributed by atoms with Crippen molar-refractivity contribution < 1.29 is 4.79 Å². The number of carbonyl (C=O) groups is 1. The van der Waals surface area contributed by atoms with Crippen LogP contribution in [-0.2, 0) is 4.79 Å². The molecule has 0 aromatic heterocycles. The van der Waals surface area contributed by atoms with Crippen LogP contribution in [-0.4, -0.2) is 22.3 Å². The summed E-state index contributed by atoms with van der Waals surface area (Å²) in [4.78, 5) is 16.6. The van der Waals surface area contributed by atoms with Gasteiger partial charge in [-0.25, -0.2) is 0 Å². The van der Waals surface area contributed by atoms with Gasteiger partial charge in [0.1, 0.15) is 0 Å². The first-order valence-corrected chi connectivity index (χ1v) is 12.1. The molecule has 5 rings (SSSR count). The minimum absolute atomic E-state index is 0.0818. The lowest BCUT2D eigenvalue weighted by Gasteiger charge is -2.39. The molecule has 1 saturated heterocycles. The molecule has 2 aliphatic rings. The fourth-order valence-electron chi connectivity index (χ4n) is 4.88. The van der Waals surface area contributed by atoms with Gasteiger partial charge in [-0.2, -0.15) is 0 Å². The average Bonchev–Trinajstić information content (AvgIpc) is 3.09. The number of amides is 1. The van der Waals surface area contributed by atoms with E-state index in [1.165, 1.54) is 30.0 Å².